The molecule has 2 fully saturated rings. The van der Waals surface area contributed by atoms with Gasteiger partial charge in [0.05, 0.1) is 0 Å². The van der Waals surface area contributed by atoms with Crippen LogP contribution in [0.25, 0.3) is 0 Å². The van der Waals surface area contributed by atoms with Gasteiger partial charge in [0.15, 0.2) is 0 Å². The van der Waals surface area contributed by atoms with Crippen LogP contribution >= 0.6 is 0 Å². The maximum atomic E-state index is 10.6. The van der Waals surface area contributed by atoms with Crippen LogP contribution in [0.4, 0.5) is 0 Å². The summed E-state index contributed by atoms with van der Waals surface area (Å²) < 4.78 is 0. The van der Waals surface area contributed by atoms with E-state index in [9.17, 15) is 9.59 Å². The molecule has 0 aliphatic heterocycles. The van der Waals surface area contributed by atoms with Gasteiger partial charge in [0, 0.05) is 12.8 Å². The van der Waals surface area contributed by atoms with E-state index in [4.69, 9.17) is 10.2 Å². The van der Waals surface area contributed by atoms with Gasteiger partial charge in [-0.25, -0.2) is 0 Å². The second-order valence-electron chi connectivity index (χ2n) is 9.45. The summed E-state index contributed by atoms with van der Waals surface area (Å²) in [5, 5.41) is 17.5. The Bertz CT molecular complexity index is 746. The van der Waals surface area contributed by atoms with E-state index in [0.717, 1.165) is 51.4 Å². The van der Waals surface area contributed by atoms with Crippen molar-refractivity contribution >= 4 is 11.9 Å². The van der Waals surface area contributed by atoms with Crippen molar-refractivity contribution in [2.45, 2.75) is 76.0 Å². The number of hydrogen-bond acceptors (Lipinski definition) is 2. The third-order valence-electron chi connectivity index (χ3n) is 7.16. The molecule has 4 nitrogen and oxygen atoms in total. The van der Waals surface area contributed by atoms with E-state index in [-0.39, 0.29) is 0 Å². The fourth-order valence-electron chi connectivity index (χ4n) is 5.34. The Morgan fingerprint density at radius 3 is 1.16 bits per heavy atom. The van der Waals surface area contributed by atoms with Crippen LogP contribution in [0.5, 0.6) is 0 Å². The van der Waals surface area contributed by atoms with Crippen LogP contribution in [0.3, 0.4) is 0 Å². The second kappa shape index (κ2) is 12.4. The molecule has 2 saturated carbocycles. The van der Waals surface area contributed by atoms with Crippen molar-refractivity contribution in [3.8, 4) is 0 Å². The van der Waals surface area contributed by atoms with E-state index < -0.39 is 11.9 Å². The normalized spacial score (nSPS) is 25.2. The molecule has 0 amide bonds. The first-order valence-corrected chi connectivity index (χ1v) is 12.0. The molecule has 0 aromatic heterocycles. The van der Waals surface area contributed by atoms with Crippen LogP contribution in [0.1, 0.15) is 87.2 Å². The number of aliphatic carboxylic acids is 2. The van der Waals surface area contributed by atoms with Gasteiger partial charge in [-0.1, -0.05) is 60.7 Å². The number of carbonyl (C=O) groups is 2. The molecule has 32 heavy (non-hydrogen) atoms. The lowest BCUT2D eigenvalue weighted by Crippen LogP contribution is -2.16. The van der Waals surface area contributed by atoms with E-state index in [0.29, 0.717) is 36.5 Å². The van der Waals surface area contributed by atoms with E-state index in [2.05, 4.69) is 48.5 Å². The Hall–Kier alpha value is -2.62. The summed E-state index contributed by atoms with van der Waals surface area (Å²) >= 11 is 0. The van der Waals surface area contributed by atoms with Crippen LogP contribution in [-0.4, -0.2) is 22.2 Å². The molecular formula is C28H36O4. The molecule has 2 aliphatic carbocycles. The zero-order valence-electron chi connectivity index (χ0n) is 18.9. The number of rotatable bonds is 6. The third-order valence-corrected chi connectivity index (χ3v) is 7.16. The molecule has 0 radical (unpaired) electrons. The van der Waals surface area contributed by atoms with Gasteiger partial charge in [-0.2, -0.15) is 0 Å². The number of hydrogen-bond donors (Lipinski definition) is 2. The number of carboxylic acids is 2. The summed E-state index contributed by atoms with van der Waals surface area (Å²) in [7, 11) is 0. The summed E-state index contributed by atoms with van der Waals surface area (Å²) in [6, 6.07) is 21.1. The van der Waals surface area contributed by atoms with Crippen LogP contribution in [-0.2, 0) is 9.59 Å². The minimum atomic E-state index is -0.650. The van der Waals surface area contributed by atoms with Crippen LogP contribution < -0.4 is 0 Å². The van der Waals surface area contributed by atoms with E-state index in [1.807, 2.05) is 12.1 Å². The molecule has 2 aromatic carbocycles. The van der Waals surface area contributed by atoms with Gasteiger partial charge >= 0.3 is 11.9 Å². The molecule has 172 valence electrons. The fourth-order valence-corrected chi connectivity index (χ4v) is 5.34. The van der Waals surface area contributed by atoms with Crippen molar-refractivity contribution in [1.82, 2.24) is 0 Å². The minimum absolute atomic E-state index is 0.349. The van der Waals surface area contributed by atoms with Crippen molar-refractivity contribution in [2.75, 3.05) is 0 Å². The quantitative estimate of drug-likeness (QED) is 0.518. The highest BCUT2D eigenvalue weighted by molar-refractivity contribution is 5.67. The molecule has 0 saturated heterocycles. The van der Waals surface area contributed by atoms with Crippen molar-refractivity contribution in [3.63, 3.8) is 0 Å². The van der Waals surface area contributed by atoms with E-state index in [1.165, 1.54) is 11.1 Å². The van der Waals surface area contributed by atoms with Crippen molar-refractivity contribution < 1.29 is 19.8 Å². The first-order valence-electron chi connectivity index (χ1n) is 12.0. The fraction of sp³-hybridized carbons (Fsp3) is 0.500. The lowest BCUT2D eigenvalue weighted by atomic mass is 9.77. The highest BCUT2D eigenvalue weighted by atomic mass is 16.4. The Morgan fingerprint density at radius 1 is 0.562 bits per heavy atom. The molecule has 2 N–H and O–H groups in total. The average Bonchev–Trinajstić information content (AvgIpc) is 2.81. The first kappa shape index (κ1) is 24.0. The molecule has 0 heterocycles. The maximum absolute atomic E-state index is 10.6. The smallest absolute Gasteiger partial charge is 0.303 e. The molecule has 0 unspecified atom stereocenters. The lowest BCUT2D eigenvalue weighted by molar-refractivity contribution is -0.139. The molecule has 0 atom stereocenters. The van der Waals surface area contributed by atoms with Gasteiger partial charge in [0.2, 0.25) is 0 Å². The molecule has 0 bridgehead atoms. The molecule has 0 spiro atoms. The maximum Gasteiger partial charge on any atom is 0.303 e. The molecule has 2 aliphatic rings. The first-order chi connectivity index (χ1) is 15.5. The summed E-state index contributed by atoms with van der Waals surface area (Å²) in [5.41, 5.74) is 2.83. The van der Waals surface area contributed by atoms with Crippen molar-refractivity contribution in [2.24, 2.45) is 11.8 Å². The van der Waals surface area contributed by atoms with Gasteiger partial charge in [-0.15, -0.1) is 0 Å². The minimum Gasteiger partial charge on any atom is -0.481 e. The Morgan fingerprint density at radius 2 is 0.875 bits per heavy atom. The standard InChI is InChI=1S/2C14H18O2/c2*15-14(16)10-11-6-8-13(9-7-11)12-4-2-1-3-5-12/h2*1-5,11,13H,6-10H2,(H,15,16). The topological polar surface area (TPSA) is 74.6 Å². The van der Waals surface area contributed by atoms with Crippen LogP contribution in [0.15, 0.2) is 60.7 Å². The van der Waals surface area contributed by atoms with Gasteiger partial charge in [-0.3, -0.25) is 9.59 Å². The van der Waals surface area contributed by atoms with Gasteiger partial charge in [0.1, 0.15) is 0 Å². The summed E-state index contributed by atoms with van der Waals surface area (Å²) in [5.74, 6) is 0.790. The van der Waals surface area contributed by atoms with E-state index in [1.54, 1.807) is 0 Å². The van der Waals surface area contributed by atoms with Crippen LogP contribution in [0.2, 0.25) is 0 Å². The Labute approximate surface area is 191 Å². The molecule has 2 aromatic rings. The van der Waals surface area contributed by atoms with Gasteiger partial charge < -0.3 is 10.2 Å². The predicted molar refractivity (Wildman–Crippen MR) is 127 cm³/mol. The monoisotopic (exact) mass is 436 g/mol. The summed E-state index contributed by atoms with van der Waals surface area (Å²) in [6.45, 7) is 0. The highest BCUT2D eigenvalue weighted by Gasteiger charge is 2.24. The van der Waals surface area contributed by atoms with Crippen molar-refractivity contribution in [1.29, 1.82) is 0 Å². The van der Waals surface area contributed by atoms with Crippen molar-refractivity contribution in [3.05, 3.63) is 71.8 Å². The summed E-state index contributed by atoms with van der Waals surface area (Å²) in [6.07, 6.45) is 9.51. The Balaban J connectivity index is 0.000000181. The summed E-state index contributed by atoms with van der Waals surface area (Å²) in [4.78, 5) is 21.2. The number of carboxylic acid groups (broad SMARTS) is 2. The molecular weight excluding hydrogens is 400 g/mol. The second-order valence-corrected chi connectivity index (χ2v) is 9.45. The highest BCUT2D eigenvalue weighted by Crippen LogP contribution is 2.37. The number of benzene rings is 2. The molecule has 4 rings (SSSR count). The van der Waals surface area contributed by atoms with Crippen LogP contribution in [0, 0.1) is 11.8 Å². The average molecular weight is 437 g/mol. The van der Waals surface area contributed by atoms with Gasteiger partial charge in [-0.05, 0) is 86.2 Å². The van der Waals surface area contributed by atoms with Gasteiger partial charge in [0.25, 0.3) is 0 Å². The van der Waals surface area contributed by atoms with E-state index >= 15 is 0 Å². The molecule has 4 heteroatoms. The zero-order chi connectivity index (χ0) is 22.8. The third kappa shape index (κ3) is 7.81. The SMILES string of the molecule is O=C(O)CC1CCC(c2ccccc2)CC1.O=C(O)CC1CCC(c2ccccc2)CC1. The predicted octanol–water partition coefficient (Wildman–Crippen LogP) is 6.87. The lowest BCUT2D eigenvalue weighted by Gasteiger charge is -2.27. The zero-order valence-corrected chi connectivity index (χ0v) is 18.9. The largest absolute Gasteiger partial charge is 0.481 e. The Kier molecular flexibility index (Phi) is 9.33.